The van der Waals surface area contributed by atoms with Crippen molar-refractivity contribution in [2.24, 2.45) is 0 Å². The monoisotopic (exact) mass is 304 g/mol. The molecule has 0 spiro atoms. The summed E-state index contributed by atoms with van der Waals surface area (Å²) >= 11 is 1.71. The summed E-state index contributed by atoms with van der Waals surface area (Å²) in [5, 5.41) is 0. The fourth-order valence-electron chi connectivity index (χ4n) is 2.34. The number of hydrogen-bond donors (Lipinski definition) is 0. The molecule has 0 unspecified atom stereocenters. The van der Waals surface area contributed by atoms with Crippen LogP contribution >= 0.6 is 11.8 Å². The molecule has 0 atom stereocenters. The van der Waals surface area contributed by atoms with Crippen molar-refractivity contribution in [1.29, 1.82) is 0 Å². The second-order valence-electron chi connectivity index (χ2n) is 4.48. The molecule has 0 amide bonds. The van der Waals surface area contributed by atoms with Crippen molar-refractivity contribution in [2.45, 2.75) is 10.7 Å². The number of methoxy groups -OCH3 is 3. The highest BCUT2D eigenvalue weighted by atomic mass is 32.2. The summed E-state index contributed by atoms with van der Waals surface area (Å²) < 4.78 is 16.7. The van der Waals surface area contributed by atoms with Gasteiger partial charge in [0.2, 0.25) is 5.79 Å². The minimum absolute atomic E-state index is 0.803. The van der Waals surface area contributed by atoms with Crippen molar-refractivity contribution >= 4 is 11.8 Å². The molecular weight excluding hydrogens is 284 g/mol. The molecule has 4 heteroatoms. The lowest BCUT2D eigenvalue weighted by Gasteiger charge is -2.32. The first-order valence-electron chi connectivity index (χ1n) is 6.59. The first-order valence-corrected chi connectivity index (χ1v) is 7.82. The normalized spacial score (nSPS) is 11.4. The number of hydrogen-bond acceptors (Lipinski definition) is 4. The summed E-state index contributed by atoms with van der Waals surface area (Å²) in [4.78, 5) is 1.20. The maximum absolute atomic E-state index is 5.74. The van der Waals surface area contributed by atoms with Crippen molar-refractivity contribution < 1.29 is 14.2 Å². The van der Waals surface area contributed by atoms with E-state index in [1.165, 1.54) is 4.90 Å². The van der Waals surface area contributed by atoms with Crippen LogP contribution in [0.1, 0.15) is 11.1 Å². The molecule has 112 valence electrons. The van der Waals surface area contributed by atoms with Gasteiger partial charge in [-0.15, -0.1) is 11.8 Å². The summed E-state index contributed by atoms with van der Waals surface area (Å²) in [7, 11) is 4.95. The van der Waals surface area contributed by atoms with Gasteiger partial charge in [0.1, 0.15) is 5.75 Å². The Bertz CT molecular complexity index is 510. The smallest absolute Gasteiger partial charge is 0.221 e. The van der Waals surface area contributed by atoms with Gasteiger partial charge in [0.25, 0.3) is 0 Å². The van der Waals surface area contributed by atoms with Crippen molar-refractivity contribution in [3.63, 3.8) is 0 Å². The van der Waals surface area contributed by atoms with Gasteiger partial charge in [-0.2, -0.15) is 0 Å². The predicted molar refractivity (Wildman–Crippen MR) is 86.0 cm³/mol. The van der Waals surface area contributed by atoms with Gasteiger partial charge in [-0.05, 0) is 42.7 Å². The third kappa shape index (κ3) is 3.07. The summed E-state index contributed by atoms with van der Waals surface area (Å²) in [6, 6.07) is 15.9. The van der Waals surface area contributed by atoms with Gasteiger partial charge < -0.3 is 14.2 Å². The molecule has 0 heterocycles. The quantitative estimate of drug-likeness (QED) is 0.597. The molecule has 0 aliphatic rings. The van der Waals surface area contributed by atoms with E-state index in [0.29, 0.717) is 0 Å². The fourth-order valence-corrected chi connectivity index (χ4v) is 2.75. The lowest BCUT2D eigenvalue weighted by molar-refractivity contribution is -0.183. The van der Waals surface area contributed by atoms with Crippen LogP contribution in [0.25, 0.3) is 0 Å². The van der Waals surface area contributed by atoms with Crippen LogP contribution in [0.2, 0.25) is 0 Å². The second kappa shape index (κ2) is 6.98. The topological polar surface area (TPSA) is 27.7 Å². The van der Waals surface area contributed by atoms with E-state index in [-0.39, 0.29) is 0 Å². The summed E-state index contributed by atoms with van der Waals surface area (Å²) in [5.74, 6) is -0.110. The zero-order valence-electron chi connectivity index (χ0n) is 12.8. The van der Waals surface area contributed by atoms with Crippen LogP contribution in [0.3, 0.4) is 0 Å². The molecule has 0 aliphatic heterocycles. The largest absolute Gasteiger partial charge is 0.497 e. The molecule has 0 N–H and O–H groups in total. The standard InChI is InChI=1S/C17H20O3S/c1-18-15-9-5-13(6-10-15)17(19-2,20-3)14-7-11-16(21-4)12-8-14/h5-12H,1-4H3. The van der Waals surface area contributed by atoms with Crippen LogP contribution in [0.4, 0.5) is 0 Å². The van der Waals surface area contributed by atoms with Crippen molar-refractivity contribution in [1.82, 2.24) is 0 Å². The minimum Gasteiger partial charge on any atom is -0.497 e. The molecule has 0 radical (unpaired) electrons. The molecule has 2 aromatic rings. The lowest BCUT2D eigenvalue weighted by atomic mass is 9.97. The molecule has 0 aromatic heterocycles. The molecule has 0 bridgehead atoms. The Hall–Kier alpha value is -1.49. The van der Waals surface area contributed by atoms with Crippen LogP contribution in [-0.4, -0.2) is 27.6 Å². The van der Waals surface area contributed by atoms with E-state index < -0.39 is 5.79 Å². The van der Waals surface area contributed by atoms with Crippen LogP contribution < -0.4 is 4.74 Å². The first kappa shape index (κ1) is 15.9. The summed E-state index contributed by atoms with van der Waals surface area (Å²) in [5.41, 5.74) is 1.88. The SMILES string of the molecule is COc1ccc(C(OC)(OC)c2ccc(SC)cc2)cc1. The molecular formula is C17H20O3S. The van der Waals surface area contributed by atoms with Gasteiger partial charge in [0.05, 0.1) is 7.11 Å². The van der Waals surface area contributed by atoms with Crippen LogP contribution in [0.15, 0.2) is 53.4 Å². The predicted octanol–water partition coefficient (Wildman–Crippen LogP) is 3.91. The molecule has 0 aliphatic carbocycles. The van der Waals surface area contributed by atoms with E-state index in [4.69, 9.17) is 14.2 Å². The van der Waals surface area contributed by atoms with E-state index in [1.807, 2.05) is 36.4 Å². The third-order valence-corrected chi connectivity index (χ3v) is 4.26. The molecule has 0 saturated heterocycles. The molecule has 2 aromatic carbocycles. The Kier molecular flexibility index (Phi) is 5.28. The maximum atomic E-state index is 5.74. The highest BCUT2D eigenvalue weighted by molar-refractivity contribution is 7.98. The third-order valence-electron chi connectivity index (χ3n) is 3.52. The number of thioether (sulfide) groups is 1. The van der Waals surface area contributed by atoms with Gasteiger partial charge >= 0.3 is 0 Å². The van der Waals surface area contributed by atoms with E-state index in [9.17, 15) is 0 Å². The van der Waals surface area contributed by atoms with Gasteiger partial charge in [0, 0.05) is 30.2 Å². The molecule has 0 fully saturated rings. The van der Waals surface area contributed by atoms with E-state index in [1.54, 1.807) is 33.1 Å². The number of benzene rings is 2. The Morgan fingerprint density at radius 2 is 1.24 bits per heavy atom. The first-order chi connectivity index (χ1) is 10.2. The van der Waals surface area contributed by atoms with Gasteiger partial charge in [-0.1, -0.05) is 12.1 Å². The van der Waals surface area contributed by atoms with E-state index >= 15 is 0 Å². The molecule has 3 nitrogen and oxygen atoms in total. The average molecular weight is 304 g/mol. The minimum atomic E-state index is -0.913. The highest BCUT2D eigenvalue weighted by Gasteiger charge is 2.34. The van der Waals surface area contributed by atoms with E-state index in [2.05, 4.69) is 18.4 Å². The van der Waals surface area contributed by atoms with Crippen molar-refractivity contribution in [3.8, 4) is 5.75 Å². The molecule has 0 saturated carbocycles. The maximum Gasteiger partial charge on any atom is 0.221 e. The van der Waals surface area contributed by atoms with Crippen molar-refractivity contribution in [2.75, 3.05) is 27.6 Å². The van der Waals surface area contributed by atoms with E-state index in [0.717, 1.165) is 16.9 Å². The Morgan fingerprint density at radius 1 is 0.762 bits per heavy atom. The highest BCUT2D eigenvalue weighted by Crippen LogP contribution is 2.35. The van der Waals surface area contributed by atoms with Gasteiger partial charge in [-0.3, -0.25) is 0 Å². The zero-order valence-corrected chi connectivity index (χ0v) is 13.6. The number of rotatable bonds is 6. The second-order valence-corrected chi connectivity index (χ2v) is 5.36. The Labute approximate surface area is 130 Å². The lowest BCUT2D eigenvalue weighted by Crippen LogP contribution is -2.32. The Balaban J connectivity index is 2.46. The summed E-state index contributed by atoms with van der Waals surface area (Å²) in [6.07, 6.45) is 2.05. The van der Waals surface area contributed by atoms with Crippen LogP contribution in [-0.2, 0) is 15.3 Å². The van der Waals surface area contributed by atoms with Crippen molar-refractivity contribution in [3.05, 3.63) is 59.7 Å². The molecule has 21 heavy (non-hydrogen) atoms. The Morgan fingerprint density at radius 3 is 1.62 bits per heavy atom. The fraction of sp³-hybridized carbons (Fsp3) is 0.294. The summed E-state index contributed by atoms with van der Waals surface area (Å²) in [6.45, 7) is 0. The van der Waals surface area contributed by atoms with Crippen LogP contribution in [0, 0.1) is 0 Å². The van der Waals surface area contributed by atoms with Gasteiger partial charge in [0.15, 0.2) is 0 Å². The average Bonchev–Trinajstić information content (AvgIpc) is 2.57. The zero-order chi connectivity index (χ0) is 15.3. The van der Waals surface area contributed by atoms with Gasteiger partial charge in [-0.25, -0.2) is 0 Å². The molecule has 2 rings (SSSR count). The van der Waals surface area contributed by atoms with Crippen LogP contribution in [0.5, 0.6) is 5.75 Å². The number of ether oxygens (including phenoxy) is 3.